The molecule has 1 heterocycles. The molecule has 0 unspecified atom stereocenters. The summed E-state index contributed by atoms with van der Waals surface area (Å²) in [6.07, 6.45) is 5.01. The highest BCUT2D eigenvalue weighted by molar-refractivity contribution is 6.35. The Bertz CT molecular complexity index is 578. The van der Waals surface area contributed by atoms with Crippen LogP contribution in [0.2, 0.25) is 0 Å². The van der Waals surface area contributed by atoms with E-state index in [0.717, 1.165) is 18.4 Å². The molecule has 1 N–H and O–H groups in total. The van der Waals surface area contributed by atoms with Crippen LogP contribution in [0.1, 0.15) is 18.4 Å². The normalized spacial score (nSPS) is 14.1. The van der Waals surface area contributed by atoms with E-state index in [0.29, 0.717) is 25.4 Å². The second kappa shape index (κ2) is 7.97. The number of hydrazone groups is 1. The molecule has 1 aliphatic rings. The Kier molecular flexibility index (Phi) is 5.71. The molecule has 1 saturated heterocycles. The van der Waals surface area contributed by atoms with Crippen LogP contribution in [0, 0.1) is 0 Å². The fourth-order valence-corrected chi connectivity index (χ4v) is 2.12. The fourth-order valence-electron chi connectivity index (χ4n) is 2.12. The van der Waals surface area contributed by atoms with Crippen molar-refractivity contribution >= 4 is 18.0 Å². The first-order valence-corrected chi connectivity index (χ1v) is 7.17. The fraction of sp³-hybridized carbons (Fsp3) is 0.312. The Hall–Kier alpha value is -2.63. The van der Waals surface area contributed by atoms with Crippen molar-refractivity contribution < 1.29 is 14.3 Å². The molecule has 0 aromatic heterocycles. The lowest BCUT2D eigenvalue weighted by Crippen LogP contribution is -2.39. The van der Waals surface area contributed by atoms with E-state index in [1.807, 2.05) is 18.2 Å². The van der Waals surface area contributed by atoms with E-state index in [1.165, 1.54) is 11.1 Å². The van der Waals surface area contributed by atoms with Crippen molar-refractivity contribution in [3.63, 3.8) is 0 Å². The Morgan fingerprint density at radius 3 is 2.86 bits per heavy atom. The molecule has 1 aliphatic heterocycles. The van der Waals surface area contributed by atoms with Gasteiger partial charge in [0.25, 0.3) is 0 Å². The zero-order valence-electron chi connectivity index (χ0n) is 12.3. The molecule has 2 rings (SSSR count). The van der Waals surface area contributed by atoms with Crippen LogP contribution in [0.5, 0.6) is 5.75 Å². The van der Waals surface area contributed by atoms with Crippen molar-refractivity contribution in [2.75, 3.05) is 19.7 Å². The predicted molar refractivity (Wildman–Crippen MR) is 83.7 cm³/mol. The molecule has 1 aromatic carbocycles. The number of rotatable bonds is 5. The number of hydrogen-bond donors (Lipinski definition) is 1. The van der Waals surface area contributed by atoms with Crippen LogP contribution >= 0.6 is 0 Å². The maximum Gasteiger partial charge on any atom is 0.329 e. The first kappa shape index (κ1) is 15.8. The number of hydrogen-bond acceptors (Lipinski definition) is 4. The van der Waals surface area contributed by atoms with Crippen molar-refractivity contribution in [3.05, 3.63) is 42.5 Å². The SMILES string of the molecule is C=CCOc1cccc(/C=N/NC(=O)C(=O)N2CCCC2)c1. The Morgan fingerprint density at radius 1 is 1.36 bits per heavy atom. The Morgan fingerprint density at radius 2 is 2.14 bits per heavy atom. The standard InChI is InChI=1S/C16H19N3O3/c1-2-10-22-14-7-5-6-13(11-14)12-17-18-15(20)16(21)19-8-3-4-9-19/h2,5-7,11-12H,1,3-4,8-10H2,(H,18,20)/b17-12+. The number of nitrogens with one attached hydrogen (secondary N) is 1. The molecule has 0 aliphatic carbocycles. The zero-order valence-corrected chi connectivity index (χ0v) is 12.3. The minimum Gasteiger partial charge on any atom is -0.490 e. The third-order valence-electron chi connectivity index (χ3n) is 3.19. The summed E-state index contributed by atoms with van der Waals surface area (Å²) in [5.41, 5.74) is 3.01. The largest absolute Gasteiger partial charge is 0.490 e. The van der Waals surface area contributed by atoms with E-state index in [9.17, 15) is 9.59 Å². The summed E-state index contributed by atoms with van der Waals surface area (Å²) < 4.78 is 5.40. The molecule has 2 amide bonds. The second-order valence-electron chi connectivity index (χ2n) is 4.87. The number of ether oxygens (including phenoxy) is 1. The highest BCUT2D eigenvalue weighted by Gasteiger charge is 2.23. The Labute approximate surface area is 129 Å². The Balaban J connectivity index is 1.87. The maximum absolute atomic E-state index is 11.8. The highest BCUT2D eigenvalue weighted by atomic mass is 16.5. The van der Waals surface area contributed by atoms with Gasteiger partial charge in [-0.2, -0.15) is 5.10 Å². The van der Waals surface area contributed by atoms with Crippen LogP contribution in [-0.2, 0) is 9.59 Å². The van der Waals surface area contributed by atoms with Crippen molar-refractivity contribution in [1.82, 2.24) is 10.3 Å². The van der Waals surface area contributed by atoms with Crippen LogP contribution in [-0.4, -0.2) is 42.6 Å². The minimum atomic E-state index is -0.711. The molecule has 0 spiro atoms. The van der Waals surface area contributed by atoms with Gasteiger partial charge in [0.05, 0.1) is 6.21 Å². The molecule has 6 nitrogen and oxygen atoms in total. The molecule has 0 bridgehead atoms. The molecule has 1 aromatic rings. The minimum absolute atomic E-state index is 0.418. The predicted octanol–water partition coefficient (Wildman–Crippen LogP) is 1.32. The van der Waals surface area contributed by atoms with Gasteiger partial charge in [-0.3, -0.25) is 9.59 Å². The topological polar surface area (TPSA) is 71.0 Å². The van der Waals surface area contributed by atoms with E-state index in [4.69, 9.17) is 4.74 Å². The summed E-state index contributed by atoms with van der Waals surface area (Å²) in [7, 11) is 0. The van der Waals surface area contributed by atoms with Crippen LogP contribution < -0.4 is 10.2 Å². The molecule has 6 heteroatoms. The van der Waals surface area contributed by atoms with Crippen molar-refractivity contribution in [3.8, 4) is 5.75 Å². The van der Waals surface area contributed by atoms with Gasteiger partial charge in [0.2, 0.25) is 0 Å². The number of carbonyl (C=O) groups excluding carboxylic acids is 2. The zero-order chi connectivity index (χ0) is 15.8. The van der Waals surface area contributed by atoms with Crippen molar-refractivity contribution in [2.45, 2.75) is 12.8 Å². The van der Waals surface area contributed by atoms with Crippen molar-refractivity contribution in [2.24, 2.45) is 5.10 Å². The number of carbonyl (C=O) groups is 2. The first-order valence-electron chi connectivity index (χ1n) is 7.17. The monoisotopic (exact) mass is 301 g/mol. The lowest BCUT2D eigenvalue weighted by atomic mass is 10.2. The average molecular weight is 301 g/mol. The van der Waals surface area contributed by atoms with Gasteiger partial charge in [-0.05, 0) is 30.5 Å². The van der Waals surface area contributed by atoms with Crippen LogP contribution in [0.4, 0.5) is 0 Å². The van der Waals surface area contributed by atoms with Gasteiger partial charge >= 0.3 is 11.8 Å². The summed E-state index contributed by atoms with van der Waals surface area (Å²) in [6, 6.07) is 7.23. The average Bonchev–Trinajstić information content (AvgIpc) is 3.07. The van der Waals surface area contributed by atoms with Gasteiger partial charge in [0.1, 0.15) is 12.4 Å². The number of likely N-dealkylation sites (tertiary alicyclic amines) is 1. The first-order chi connectivity index (χ1) is 10.7. The van der Waals surface area contributed by atoms with Crippen molar-refractivity contribution in [1.29, 1.82) is 0 Å². The number of nitrogens with zero attached hydrogens (tertiary/aromatic N) is 2. The van der Waals surface area contributed by atoms with Gasteiger partial charge in [0, 0.05) is 13.1 Å². The third kappa shape index (κ3) is 4.44. The third-order valence-corrected chi connectivity index (χ3v) is 3.19. The molecule has 1 fully saturated rings. The van der Waals surface area contributed by atoms with Gasteiger partial charge in [0.15, 0.2) is 0 Å². The lowest BCUT2D eigenvalue weighted by Gasteiger charge is -2.12. The van der Waals surface area contributed by atoms with Crippen LogP contribution in [0.3, 0.4) is 0 Å². The summed E-state index contributed by atoms with van der Waals surface area (Å²) in [5.74, 6) is -0.557. The molecule has 22 heavy (non-hydrogen) atoms. The summed E-state index contributed by atoms with van der Waals surface area (Å²) >= 11 is 0. The van der Waals surface area contributed by atoms with E-state index < -0.39 is 11.8 Å². The second-order valence-corrected chi connectivity index (χ2v) is 4.87. The molecular weight excluding hydrogens is 282 g/mol. The summed E-state index contributed by atoms with van der Waals surface area (Å²) in [5, 5.41) is 3.81. The van der Waals surface area contributed by atoms with E-state index >= 15 is 0 Å². The lowest BCUT2D eigenvalue weighted by molar-refractivity contribution is -0.145. The van der Waals surface area contributed by atoms with Gasteiger partial charge in [-0.25, -0.2) is 5.43 Å². The number of benzene rings is 1. The van der Waals surface area contributed by atoms with E-state index in [-0.39, 0.29) is 0 Å². The molecule has 0 atom stereocenters. The molecule has 0 radical (unpaired) electrons. The van der Waals surface area contributed by atoms with Crippen LogP contribution in [0.15, 0.2) is 42.0 Å². The molecule has 0 saturated carbocycles. The van der Waals surface area contributed by atoms with E-state index in [2.05, 4.69) is 17.1 Å². The molecular formula is C16H19N3O3. The van der Waals surface area contributed by atoms with E-state index in [1.54, 1.807) is 12.1 Å². The van der Waals surface area contributed by atoms with Gasteiger partial charge < -0.3 is 9.64 Å². The van der Waals surface area contributed by atoms with Crippen LogP contribution in [0.25, 0.3) is 0 Å². The maximum atomic E-state index is 11.8. The van der Waals surface area contributed by atoms with Gasteiger partial charge in [-0.15, -0.1) is 0 Å². The molecule has 116 valence electrons. The highest BCUT2D eigenvalue weighted by Crippen LogP contribution is 2.12. The quantitative estimate of drug-likeness (QED) is 0.386. The van der Waals surface area contributed by atoms with Gasteiger partial charge in [-0.1, -0.05) is 24.8 Å². The smallest absolute Gasteiger partial charge is 0.329 e. The summed E-state index contributed by atoms with van der Waals surface area (Å²) in [4.78, 5) is 25.0. The number of amides is 2. The summed E-state index contributed by atoms with van der Waals surface area (Å²) in [6.45, 7) is 5.27.